The van der Waals surface area contributed by atoms with Crippen molar-refractivity contribution in [3.05, 3.63) is 29.8 Å². The molecule has 0 atom stereocenters. The van der Waals surface area contributed by atoms with Crippen LogP contribution in [0.2, 0.25) is 0 Å². The zero-order chi connectivity index (χ0) is 13.0. The van der Waals surface area contributed by atoms with Gasteiger partial charge < -0.3 is 5.11 Å². The second kappa shape index (κ2) is 5.71. The molecule has 18 heavy (non-hydrogen) atoms. The Balaban J connectivity index is 1.89. The van der Waals surface area contributed by atoms with Crippen molar-refractivity contribution in [1.82, 2.24) is 0 Å². The molecule has 0 radical (unpaired) electrons. The van der Waals surface area contributed by atoms with E-state index in [0.717, 1.165) is 12.0 Å². The molecule has 1 aromatic rings. The zero-order valence-electron chi connectivity index (χ0n) is 10.3. The van der Waals surface area contributed by atoms with Gasteiger partial charge in [-0.1, -0.05) is 31.4 Å². The molecule has 1 fully saturated rings. The molecule has 1 aromatic carbocycles. The van der Waals surface area contributed by atoms with Crippen LogP contribution in [-0.2, 0) is 16.6 Å². The van der Waals surface area contributed by atoms with Gasteiger partial charge in [0, 0.05) is 5.69 Å². The van der Waals surface area contributed by atoms with Crippen molar-refractivity contribution >= 4 is 15.7 Å². The lowest BCUT2D eigenvalue weighted by Gasteiger charge is -2.24. The van der Waals surface area contributed by atoms with E-state index in [-0.39, 0.29) is 12.4 Å². The number of anilines is 1. The predicted octanol–water partition coefficient (Wildman–Crippen LogP) is 2.11. The number of aliphatic hydroxyl groups excluding tert-OH is 1. The molecule has 0 unspecified atom stereocenters. The van der Waals surface area contributed by atoms with Gasteiger partial charge in [-0.2, -0.15) is 0 Å². The Hall–Kier alpha value is -1.07. The lowest BCUT2D eigenvalue weighted by Crippen LogP contribution is -2.21. The smallest absolute Gasteiger partial charge is 0.232 e. The lowest BCUT2D eigenvalue weighted by molar-refractivity contribution is 0.282. The molecular weight excluding hydrogens is 250 g/mol. The summed E-state index contributed by atoms with van der Waals surface area (Å²) in [7, 11) is -3.24. The lowest BCUT2D eigenvalue weighted by atomic mass is 9.84. The SMILES string of the molecule is O=S(=O)(CCC1CCC1)Nc1ccc(CO)cc1. The van der Waals surface area contributed by atoms with Gasteiger partial charge >= 0.3 is 0 Å². The van der Waals surface area contributed by atoms with E-state index in [1.165, 1.54) is 19.3 Å². The minimum absolute atomic E-state index is 0.0330. The van der Waals surface area contributed by atoms with Crippen molar-refractivity contribution < 1.29 is 13.5 Å². The van der Waals surface area contributed by atoms with E-state index in [4.69, 9.17) is 5.11 Å². The van der Waals surface area contributed by atoms with Gasteiger partial charge in [-0.3, -0.25) is 4.72 Å². The van der Waals surface area contributed by atoms with Gasteiger partial charge in [-0.15, -0.1) is 0 Å². The van der Waals surface area contributed by atoms with Crippen molar-refractivity contribution in [3.63, 3.8) is 0 Å². The van der Waals surface area contributed by atoms with Crippen molar-refractivity contribution in [2.24, 2.45) is 5.92 Å². The van der Waals surface area contributed by atoms with E-state index < -0.39 is 10.0 Å². The highest BCUT2D eigenvalue weighted by atomic mass is 32.2. The van der Waals surface area contributed by atoms with E-state index >= 15 is 0 Å². The largest absolute Gasteiger partial charge is 0.392 e. The molecular formula is C13H19NO3S. The quantitative estimate of drug-likeness (QED) is 0.831. The third kappa shape index (κ3) is 3.71. The highest BCUT2D eigenvalue weighted by molar-refractivity contribution is 7.92. The first-order chi connectivity index (χ1) is 8.59. The maximum Gasteiger partial charge on any atom is 0.232 e. The second-order valence-electron chi connectivity index (χ2n) is 4.86. The monoisotopic (exact) mass is 269 g/mol. The van der Waals surface area contributed by atoms with Gasteiger partial charge in [-0.25, -0.2) is 8.42 Å². The molecule has 0 heterocycles. The number of nitrogens with one attached hydrogen (secondary N) is 1. The van der Waals surface area contributed by atoms with Crippen LogP contribution < -0.4 is 4.72 Å². The topological polar surface area (TPSA) is 66.4 Å². The summed E-state index contributed by atoms with van der Waals surface area (Å²) in [5, 5.41) is 8.90. The molecule has 0 saturated heterocycles. The third-order valence-corrected chi connectivity index (χ3v) is 4.75. The highest BCUT2D eigenvalue weighted by Crippen LogP contribution is 2.29. The van der Waals surface area contributed by atoms with Gasteiger partial charge in [-0.05, 0) is 30.0 Å². The van der Waals surface area contributed by atoms with Crippen LogP contribution >= 0.6 is 0 Å². The van der Waals surface area contributed by atoms with Crippen LogP contribution in [0.15, 0.2) is 24.3 Å². The fourth-order valence-corrected chi connectivity index (χ4v) is 3.25. The van der Waals surface area contributed by atoms with Gasteiger partial charge in [0.15, 0.2) is 0 Å². The van der Waals surface area contributed by atoms with E-state index in [0.29, 0.717) is 11.6 Å². The summed E-state index contributed by atoms with van der Waals surface area (Å²) in [5.74, 6) is 0.790. The standard InChI is InChI=1S/C13H19NO3S/c15-10-12-4-6-13(7-5-12)14-18(16,17)9-8-11-2-1-3-11/h4-7,11,14-15H,1-3,8-10H2. The van der Waals surface area contributed by atoms with E-state index in [1.54, 1.807) is 24.3 Å². The molecule has 4 nitrogen and oxygen atoms in total. The summed E-state index contributed by atoms with van der Waals surface area (Å²) >= 11 is 0. The Morgan fingerprint density at radius 2 is 1.89 bits per heavy atom. The van der Waals surface area contributed by atoms with E-state index in [2.05, 4.69) is 4.72 Å². The van der Waals surface area contributed by atoms with E-state index in [1.807, 2.05) is 0 Å². The van der Waals surface area contributed by atoms with Crippen molar-refractivity contribution in [2.75, 3.05) is 10.5 Å². The summed E-state index contributed by atoms with van der Waals surface area (Å²) in [4.78, 5) is 0. The molecule has 1 aliphatic carbocycles. The molecule has 5 heteroatoms. The van der Waals surface area contributed by atoms with Crippen molar-refractivity contribution in [3.8, 4) is 0 Å². The first-order valence-corrected chi connectivity index (χ1v) is 7.94. The number of aliphatic hydroxyl groups is 1. The molecule has 0 spiro atoms. The number of sulfonamides is 1. The van der Waals surface area contributed by atoms with Crippen LogP contribution in [0.25, 0.3) is 0 Å². The van der Waals surface area contributed by atoms with Gasteiger partial charge in [0.25, 0.3) is 0 Å². The number of rotatable bonds is 6. The van der Waals surface area contributed by atoms with Gasteiger partial charge in [0.1, 0.15) is 0 Å². The Morgan fingerprint density at radius 3 is 2.39 bits per heavy atom. The maximum atomic E-state index is 11.8. The van der Waals surface area contributed by atoms with Gasteiger partial charge in [0.2, 0.25) is 10.0 Å². The van der Waals surface area contributed by atoms with E-state index in [9.17, 15) is 8.42 Å². The Kier molecular flexibility index (Phi) is 4.24. The molecule has 1 saturated carbocycles. The minimum atomic E-state index is -3.24. The average molecular weight is 269 g/mol. The summed E-state index contributed by atoms with van der Waals surface area (Å²) in [6, 6.07) is 6.77. The van der Waals surface area contributed by atoms with Gasteiger partial charge in [0.05, 0.1) is 12.4 Å². The molecule has 0 aromatic heterocycles. The molecule has 0 bridgehead atoms. The summed E-state index contributed by atoms with van der Waals surface area (Å²) < 4.78 is 26.2. The third-order valence-electron chi connectivity index (χ3n) is 3.43. The second-order valence-corrected chi connectivity index (χ2v) is 6.70. The van der Waals surface area contributed by atoms with Crippen LogP contribution in [0, 0.1) is 5.92 Å². The number of hydrogen-bond acceptors (Lipinski definition) is 3. The summed E-state index contributed by atoms with van der Waals surface area (Å²) in [5.41, 5.74) is 1.33. The summed E-state index contributed by atoms with van der Waals surface area (Å²) in [6.45, 7) is -0.0330. The fraction of sp³-hybridized carbons (Fsp3) is 0.538. The predicted molar refractivity (Wildman–Crippen MR) is 71.7 cm³/mol. The first-order valence-electron chi connectivity index (χ1n) is 6.29. The number of hydrogen-bond donors (Lipinski definition) is 2. The number of benzene rings is 1. The van der Waals surface area contributed by atoms with Crippen molar-refractivity contribution in [1.29, 1.82) is 0 Å². The van der Waals surface area contributed by atoms with Crippen LogP contribution in [0.1, 0.15) is 31.2 Å². The first kappa shape index (κ1) is 13.4. The molecule has 2 rings (SSSR count). The van der Waals surface area contributed by atoms with Crippen LogP contribution in [0.5, 0.6) is 0 Å². The minimum Gasteiger partial charge on any atom is -0.392 e. The molecule has 2 N–H and O–H groups in total. The maximum absolute atomic E-state index is 11.8. The highest BCUT2D eigenvalue weighted by Gasteiger charge is 2.20. The van der Waals surface area contributed by atoms with Crippen LogP contribution in [0.3, 0.4) is 0 Å². The molecule has 0 amide bonds. The Labute approximate surface area is 108 Å². The zero-order valence-corrected chi connectivity index (χ0v) is 11.1. The Morgan fingerprint density at radius 1 is 1.22 bits per heavy atom. The molecule has 0 aliphatic heterocycles. The average Bonchev–Trinajstić information content (AvgIpc) is 2.27. The Bertz CT molecular complexity index is 477. The van der Waals surface area contributed by atoms with Crippen LogP contribution in [-0.4, -0.2) is 19.3 Å². The van der Waals surface area contributed by atoms with Crippen LogP contribution in [0.4, 0.5) is 5.69 Å². The molecule has 100 valence electrons. The van der Waals surface area contributed by atoms with Crippen molar-refractivity contribution in [2.45, 2.75) is 32.3 Å². The fourth-order valence-electron chi connectivity index (χ4n) is 2.01. The summed E-state index contributed by atoms with van der Waals surface area (Å²) in [6.07, 6.45) is 4.33. The normalized spacial score (nSPS) is 16.3. The molecule has 1 aliphatic rings.